The molecule has 7 nitrogen and oxygen atoms in total. The van der Waals surface area contributed by atoms with Crippen molar-refractivity contribution in [3.8, 4) is 11.3 Å². The fraction of sp³-hybridized carbons (Fsp3) is 0.250. The predicted octanol–water partition coefficient (Wildman–Crippen LogP) is 2.69. The molecule has 0 bridgehead atoms. The molecule has 1 saturated heterocycles. The van der Waals surface area contributed by atoms with E-state index in [-0.39, 0.29) is 31.0 Å². The summed E-state index contributed by atoms with van der Waals surface area (Å²) in [7, 11) is 1.71. The molecule has 0 spiro atoms. The average Bonchev–Trinajstić information content (AvgIpc) is 2.82. The number of fused-ring (bicyclic) bond motifs is 2. The molecular formula is C24H21FN4O3. The Morgan fingerprint density at radius 3 is 2.81 bits per heavy atom. The largest absolute Gasteiger partial charge is 0.388 e. The highest BCUT2D eigenvalue weighted by molar-refractivity contribution is 5.97. The van der Waals surface area contributed by atoms with Crippen molar-refractivity contribution in [2.75, 3.05) is 13.1 Å². The average molecular weight is 432 g/mol. The van der Waals surface area contributed by atoms with E-state index in [1.807, 2.05) is 18.2 Å². The number of nitrogens with zero attached hydrogens (tertiary/aromatic N) is 4. The Hall–Kier alpha value is -3.65. The van der Waals surface area contributed by atoms with Gasteiger partial charge in [0.25, 0.3) is 11.5 Å². The number of aliphatic hydroxyl groups excluding tert-OH is 1. The molecule has 162 valence electrons. The van der Waals surface area contributed by atoms with E-state index in [1.165, 1.54) is 9.47 Å². The van der Waals surface area contributed by atoms with Gasteiger partial charge in [-0.15, -0.1) is 0 Å². The summed E-state index contributed by atoms with van der Waals surface area (Å²) in [5.41, 5.74) is 2.98. The zero-order chi connectivity index (χ0) is 22.4. The lowest BCUT2D eigenvalue weighted by Crippen LogP contribution is -2.47. The highest BCUT2D eigenvalue weighted by atomic mass is 19.1. The number of hydrogen-bond donors (Lipinski definition) is 1. The van der Waals surface area contributed by atoms with Crippen LogP contribution < -0.4 is 5.56 Å². The van der Waals surface area contributed by atoms with Crippen LogP contribution >= 0.6 is 0 Å². The monoisotopic (exact) mass is 432 g/mol. The summed E-state index contributed by atoms with van der Waals surface area (Å²) >= 11 is 0. The minimum absolute atomic E-state index is 0.0275. The first-order valence-corrected chi connectivity index (χ1v) is 10.4. The fourth-order valence-corrected chi connectivity index (χ4v) is 4.06. The van der Waals surface area contributed by atoms with E-state index in [4.69, 9.17) is 0 Å². The summed E-state index contributed by atoms with van der Waals surface area (Å²) in [6.07, 6.45) is 1.04. The number of piperidine rings is 1. The van der Waals surface area contributed by atoms with Gasteiger partial charge in [0.15, 0.2) is 0 Å². The molecule has 1 amide bonds. The third kappa shape index (κ3) is 3.52. The summed E-state index contributed by atoms with van der Waals surface area (Å²) in [6.45, 7) is 0.234. The van der Waals surface area contributed by atoms with Gasteiger partial charge in [-0.25, -0.2) is 9.37 Å². The number of hydrogen-bond acceptors (Lipinski definition) is 5. The molecule has 8 heteroatoms. The third-order valence-corrected chi connectivity index (χ3v) is 5.95. The second-order valence-corrected chi connectivity index (χ2v) is 8.12. The van der Waals surface area contributed by atoms with Crippen LogP contribution in [0.25, 0.3) is 33.1 Å². The second kappa shape index (κ2) is 7.80. The van der Waals surface area contributed by atoms with E-state index >= 15 is 0 Å². The lowest BCUT2D eigenvalue weighted by atomic mass is 10.0. The minimum atomic E-state index is -1.30. The maximum absolute atomic E-state index is 13.5. The number of carbonyl (C=O) groups excluding carboxylic acids is 1. The van der Waals surface area contributed by atoms with Crippen molar-refractivity contribution in [1.82, 2.24) is 19.4 Å². The number of aromatic nitrogens is 3. The Morgan fingerprint density at radius 2 is 2.00 bits per heavy atom. The number of aryl methyl sites for hydroxylation is 1. The lowest BCUT2D eigenvalue weighted by molar-refractivity contribution is 0.00581. The molecule has 32 heavy (non-hydrogen) atoms. The van der Waals surface area contributed by atoms with Gasteiger partial charge in [-0.1, -0.05) is 6.07 Å². The molecule has 4 aromatic rings. The third-order valence-electron chi connectivity index (χ3n) is 5.95. The number of aliphatic hydroxyl groups is 1. The lowest BCUT2D eigenvalue weighted by Gasteiger charge is -2.32. The van der Waals surface area contributed by atoms with E-state index < -0.39 is 12.3 Å². The van der Waals surface area contributed by atoms with Crippen LogP contribution in [0.5, 0.6) is 0 Å². The molecule has 0 radical (unpaired) electrons. The van der Waals surface area contributed by atoms with Crippen LogP contribution in [0.1, 0.15) is 16.8 Å². The molecular weight excluding hydrogens is 411 g/mol. The van der Waals surface area contributed by atoms with Crippen LogP contribution in [0, 0.1) is 0 Å². The van der Waals surface area contributed by atoms with Crippen LogP contribution in [0.4, 0.5) is 4.39 Å². The minimum Gasteiger partial charge on any atom is -0.388 e. The van der Waals surface area contributed by atoms with Crippen molar-refractivity contribution in [1.29, 1.82) is 0 Å². The Labute approximate surface area is 182 Å². The Kier molecular flexibility index (Phi) is 4.94. The molecule has 2 unspecified atom stereocenters. The molecule has 3 heterocycles. The van der Waals surface area contributed by atoms with Crippen molar-refractivity contribution in [2.24, 2.45) is 7.05 Å². The van der Waals surface area contributed by atoms with E-state index in [1.54, 1.807) is 43.7 Å². The van der Waals surface area contributed by atoms with Gasteiger partial charge < -0.3 is 14.6 Å². The summed E-state index contributed by atoms with van der Waals surface area (Å²) < 4.78 is 15.1. The van der Waals surface area contributed by atoms with Gasteiger partial charge in [0.2, 0.25) is 0 Å². The standard InChI is InChI=1S/C24H21FN4O3/c1-28-8-6-14-10-15(2-4-17(14)24(28)32)21-12-26-19-5-3-16(11-20(19)27-21)23(31)29-9-7-18(25)22(30)13-29/h2-6,8,10-12,18,22,30H,7,9,13H2,1H3. The fourth-order valence-electron chi connectivity index (χ4n) is 4.06. The van der Waals surface area contributed by atoms with Crippen LogP contribution in [-0.2, 0) is 7.05 Å². The Morgan fingerprint density at radius 1 is 1.16 bits per heavy atom. The molecule has 2 aromatic heterocycles. The van der Waals surface area contributed by atoms with Gasteiger partial charge in [0.05, 0.1) is 22.9 Å². The van der Waals surface area contributed by atoms with Crippen LogP contribution in [0.2, 0.25) is 0 Å². The molecule has 1 fully saturated rings. The molecule has 1 aliphatic rings. The molecule has 1 N–H and O–H groups in total. The zero-order valence-corrected chi connectivity index (χ0v) is 17.4. The number of rotatable bonds is 2. The SMILES string of the molecule is Cn1ccc2cc(-c3cnc4ccc(C(=O)N5CCC(F)C(O)C5)cc4n3)ccc2c1=O. The molecule has 0 saturated carbocycles. The summed E-state index contributed by atoms with van der Waals surface area (Å²) in [5, 5.41) is 11.2. The molecule has 2 aromatic carbocycles. The van der Waals surface area contributed by atoms with E-state index in [2.05, 4.69) is 9.97 Å². The van der Waals surface area contributed by atoms with Crippen LogP contribution in [0.15, 0.2) is 59.7 Å². The van der Waals surface area contributed by atoms with Gasteiger partial charge in [-0.3, -0.25) is 14.6 Å². The van der Waals surface area contributed by atoms with Gasteiger partial charge in [0.1, 0.15) is 12.3 Å². The number of halogens is 1. The first kappa shape index (κ1) is 20.3. The first-order valence-electron chi connectivity index (χ1n) is 10.4. The highest BCUT2D eigenvalue weighted by Crippen LogP contribution is 2.24. The van der Waals surface area contributed by atoms with Crippen molar-refractivity contribution >= 4 is 27.7 Å². The summed E-state index contributed by atoms with van der Waals surface area (Å²) in [4.78, 5) is 35.8. The smallest absolute Gasteiger partial charge is 0.258 e. The van der Waals surface area contributed by atoms with Crippen molar-refractivity contribution in [3.05, 3.63) is 70.8 Å². The van der Waals surface area contributed by atoms with Crippen molar-refractivity contribution < 1.29 is 14.3 Å². The van der Waals surface area contributed by atoms with E-state index in [9.17, 15) is 19.1 Å². The normalized spacial score (nSPS) is 18.9. The first-order chi connectivity index (χ1) is 15.4. The molecule has 2 atom stereocenters. The highest BCUT2D eigenvalue weighted by Gasteiger charge is 2.30. The molecule has 0 aliphatic carbocycles. The summed E-state index contributed by atoms with van der Waals surface area (Å²) in [6, 6.07) is 12.4. The van der Waals surface area contributed by atoms with Gasteiger partial charge in [-0.2, -0.15) is 0 Å². The number of amides is 1. The molecule has 5 rings (SSSR count). The van der Waals surface area contributed by atoms with Crippen molar-refractivity contribution in [2.45, 2.75) is 18.7 Å². The quantitative estimate of drug-likeness (QED) is 0.526. The maximum Gasteiger partial charge on any atom is 0.258 e. The van der Waals surface area contributed by atoms with Crippen LogP contribution in [-0.4, -0.2) is 55.8 Å². The van der Waals surface area contributed by atoms with Crippen LogP contribution in [0.3, 0.4) is 0 Å². The number of benzene rings is 2. The summed E-state index contributed by atoms with van der Waals surface area (Å²) in [5.74, 6) is -0.272. The second-order valence-electron chi connectivity index (χ2n) is 8.12. The topological polar surface area (TPSA) is 88.3 Å². The van der Waals surface area contributed by atoms with Gasteiger partial charge >= 0.3 is 0 Å². The molecule has 1 aliphatic heterocycles. The number of β-amino-alcohol motifs (C(OH)–C–C–N with tert-alkyl or cyclic N) is 1. The van der Waals surface area contributed by atoms with Gasteiger partial charge in [-0.05, 0) is 48.2 Å². The maximum atomic E-state index is 13.5. The number of pyridine rings is 1. The predicted molar refractivity (Wildman–Crippen MR) is 119 cm³/mol. The number of likely N-dealkylation sites (tertiary alicyclic amines) is 1. The zero-order valence-electron chi connectivity index (χ0n) is 17.4. The number of alkyl halides is 1. The number of carbonyl (C=O) groups is 1. The van der Waals surface area contributed by atoms with E-state index in [0.29, 0.717) is 27.7 Å². The van der Waals surface area contributed by atoms with Crippen molar-refractivity contribution in [3.63, 3.8) is 0 Å². The van der Waals surface area contributed by atoms with E-state index in [0.717, 1.165) is 10.9 Å². The Bertz CT molecular complexity index is 1420. The Balaban J connectivity index is 1.50. The van der Waals surface area contributed by atoms with Gasteiger partial charge in [0, 0.05) is 42.8 Å².